The van der Waals surface area contributed by atoms with E-state index in [9.17, 15) is 14.0 Å². The Morgan fingerprint density at radius 3 is 3.00 bits per heavy atom. The van der Waals surface area contributed by atoms with Gasteiger partial charge in [0.25, 0.3) is 0 Å². The van der Waals surface area contributed by atoms with E-state index in [2.05, 4.69) is 15.5 Å². The lowest BCUT2D eigenvalue weighted by Gasteiger charge is -2.22. The zero-order valence-corrected chi connectivity index (χ0v) is 13.2. The summed E-state index contributed by atoms with van der Waals surface area (Å²) in [5, 5.41) is 6.38. The molecular formula is C16H17FN4O3. The van der Waals surface area contributed by atoms with Crippen LogP contribution in [0.4, 0.5) is 4.39 Å². The van der Waals surface area contributed by atoms with Crippen LogP contribution in [0.3, 0.4) is 0 Å². The zero-order valence-electron chi connectivity index (χ0n) is 13.2. The first kappa shape index (κ1) is 16.1. The highest BCUT2D eigenvalue weighted by Crippen LogP contribution is 2.33. The van der Waals surface area contributed by atoms with Gasteiger partial charge < -0.3 is 14.7 Å². The van der Waals surface area contributed by atoms with Crippen LogP contribution in [-0.4, -0.2) is 26.9 Å². The van der Waals surface area contributed by atoms with Gasteiger partial charge in [-0.1, -0.05) is 23.4 Å². The molecule has 1 N–H and O–H groups in total. The Bertz CT molecular complexity index is 761. The van der Waals surface area contributed by atoms with Gasteiger partial charge in [-0.2, -0.15) is 4.98 Å². The molecule has 1 aromatic carbocycles. The van der Waals surface area contributed by atoms with Gasteiger partial charge in [0.05, 0.1) is 6.54 Å². The molecule has 2 amide bonds. The lowest BCUT2D eigenvalue weighted by molar-refractivity contribution is -0.130. The molecule has 1 aliphatic heterocycles. The normalized spacial score (nSPS) is 17.3. The van der Waals surface area contributed by atoms with Crippen LogP contribution >= 0.6 is 0 Å². The molecule has 0 bridgehead atoms. The third-order valence-electron chi connectivity index (χ3n) is 3.89. The maximum absolute atomic E-state index is 13.9. The van der Waals surface area contributed by atoms with Crippen LogP contribution in [0.1, 0.15) is 43.1 Å². The van der Waals surface area contributed by atoms with Crippen molar-refractivity contribution in [2.24, 2.45) is 0 Å². The third kappa shape index (κ3) is 3.42. The lowest BCUT2D eigenvalue weighted by atomic mass is 10.1. The molecule has 1 fully saturated rings. The van der Waals surface area contributed by atoms with E-state index >= 15 is 0 Å². The molecule has 0 radical (unpaired) electrons. The van der Waals surface area contributed by atoms with Gasteiger partial charge in [0.2, 0.25) is 17.7 Å². The minimum absolute atomic E-state index is 0.0788. The van der Waals surface area contributed by atoms with Crippen LogP contribution in [-0.2, 0) is 22.7 Å². The molecule has 1 saturated heterocycles. The molecule has 126 valence electrons. The number of rotatable bonds is 5. The van der Waals surface area contributed by atoms with Crippen molar-refractivity contribution in [3.63, 3.8) is 0 Å². The molecule has 2 heterocycles. The predicted molar refractivity (Wildman–Crippen MR) is 80.7 cm³/mol. The fourth-order valence-electron chi connectivity index (χ4n) is 2.68. The Morgan fingerprint density at radius 1 is 1.46 bits per heavy atom. The second kappa shape index (κ2) is 6.77. The minimum Gasteiger partial charge on any atom is -0.349 e. The third-order valence-corrected chi connectivity index (χ3v) is 3.89. The summed E-state index contributed by atoms with van der Waals surface area (Å²) < 4.78 is 19.1. The van der Waals surface area contributed by atoms with Crippen LogP contribution < -0.4 is 5.32 Å². The van der Waals surface area contributed by atoms with E-state index in [-0.39, 0.29) is 36.8 Å². The van der Waals surface area contributed by atoms with Crippen LogP contribution in [0.15, 0.2) is 28.8 Å². The maximum atomic E-state index is 13.9. The largest absolute Gasteiger partial charge is 0.349 e. The SMILES string of the molecule is CC(=O)NCc1noc([C@@H]2CCC(=O)N2Cc2ccccc2F)n1. The molecule has 1 aromatic heterocycles. The van der Waals surface area contributed by atoms with Crippen LogP contribution in [0.5, 0.6) is 0 Å². The summed E-state index contributed by atoms with van der Waals surface area (Å²) in [7, 11) is 0. The Balaban J connectivity index is 1.76. The van der Waals surface area contributed by atoms with Gasteiger partial charge in [-0.3, -0.25) is 9.59 Å². The van der Waals surface area contributed by atoms with E-state index in [4.69, 9.17) is 4.52 Å². The highest BCUT2D eigenvalue weighted by Gasteiger charge is 2.36. The van der Waals surface area contributed by atoms with Crippen molar-refractivity contribution in [2.45, 2.75) is 38.9 Å². The van der Waals surface area contributed by atoms with Crippen LogP contribution in [0, 0.1) is 5.82 Å². The van der Waals surface area contributed by atoms with E-state index in [0.29, 0.717) is 30.1 Å². The summed E-state index contributed by atoms with van der Waals surface area (Å²) in [6.07, 6.45) is 0.886. The van der Waals surface area contributed by atoms with E-state index < -0.39 is 0 Å². The quantitative estimate of drug-likeness (QED) is 0.900. The number of nitrogens with one attached hydrogen (secondary N) is 1. The second-order valence-electron chi connectivity index (χ2n) is 5.63. The average Bonchev–Trinajstić information content (AvgIpc) is 3.15. The number of carbonyl (C=O) groups is 2. The molecule has 8 heteroatoms. The molecule has 0 unspecified atom stereocenters. The van der Waals surface area contributed by atoms with Crippen LogP contribution in [0.25, 0.3) is 0 Å². The molecule has 0 aliphatic carbocycles. The van der Waals surface area contributed by atoms with E-state index in [0.717, 1.165) is 0 Å². The summed E-state index contributed by atoms with van der Waals surface area (Å²) >= 11 is 0. The molecule has 0 saturated carbocycles. The second-order valence-corrected chi connectivity index (χ2v) is 5.63. The van der Waals surface area contributed by atoms with Crippen molar-refractivity contribution in [1.82, 2.24) is 20.4 Å². The Morgan fingerprint density at radius 2 is 2.25 bits per heavy atom. The van der Waals surface area contributed by atoms with Crippen LogP contribution in [0.2, 0.25) is 0 Å². The number of amides is 2. The Labute approximate surface area is 137 Å². The number of nitrogens with zero attached hydrogens (tertiary/aromatic N) is 3. The number of benzene rings is 1. The van der Waals surface area contributed by atoms with E-state index in [1.165, 1.54) is 13.0 Å². The van der Waals surface area contributed by atoms with Gasteiger partial charge in [0, 0.05) is 25.5 Å². The first-order valence-electron chi connectivity index (χ1n) is 7.64. The highest BCUT2D eigenvalue weighted by atomic mass is 19.1. The van der Waals surface area contributed by atoms with Crippen molar-refractivity contribution in [3.8, 4) is 0 Å². The topological polar surface area (TPSA) is 88.3 Å². The fourth-order valence-corrected chi connectivity index (χ4v) is 2.68. The van der Waals surface area contributed by atoms with Crippen molar-refractivity contribution in [1.29, 1.82) is 0 Å². The highest BCUT2D eigenvalue weighted by molar-refractivity contribution is 5.78. The Kier molecular flexibility index (Phi) is 4.54. The summed E-state index contributed by atoms with van der Waals surface area (Å²) in [4.78, 5) is 28.9. The maximum Gasteiger partial charge on any atom is 0.249 e. The number of carbonyl (C=O) groups excluding carboxylic acids is 2. The van der Waals surface area contributed by atoms with Crippen molar-refractivity contribution in [2.75, 3.05) is 0 Å². The summed E-state index contributed by atoms with van der Waals surface area (Å²) in [5.41, 5.74) is 0.440. The first-order chi connectivity index (χ1) is 11.5. The number of hydrogen-bond donors (Lipinski definition) is 1. The molecule has 1 atom stereocenters. The Hall–Kier alpha value is -2.77. The minimum atomic E-state index is -0.379. The standard InChI is InChI=1S/C16H17FN4O3/c1-10(22)18-8-14-19-16(24-20-14)13-6-7-15(23)21(13)9-11-4-2-3-5-12(11)17/h2-5,13H,6-9H2,1H3,(H,18,22)/t13-/m0/s1. The van der Waals surface area contributed by atoms with Gasteiger partial charge in [-0.25, -0.2) is 4.39 Å². The van der Waals surface area contributed by atoms with E-state index in [1.807, 2.05) is 0 Å². The molecule has 1 aliphatic rings. The number of halogens is 1. The monoisotopic (exact) mass is 332 g/mol. The van der Waals surface area contributed by atoms with Gasteiger partial charge in [0.15, 0.2) is 5.82 Å². The summed E-state index contributed by atoms with van der Waals surface area (Å²) in [6, 6.07) is 5.97. The number of aromatic nitrogens is 2. The smallest absolute Gasteiger partial charge is 0.249 e. The van der Waals surface area contributed by atoms with E-state index in [1.54, 1.807) is 23.1 Å². The predicted octanol–water partition coefficient (Wildman–Crippen LogP) is 1.71. The molecule has 24 heavy (non-hydrogen) atoms. The molecule has 7 nitrogen and oxygen atoms in total. The molecule has 0 spiro atoms. The van der Waals surface area contributed by atoms with Crippen molar-refractivity contribution < 1.29 is 18.5 Å². The number of hydrogen-bond acceptors (Lipinski definition) is 5. The number of likely N-dealkylation sites (tertiary alicyclic amines) is 1. The lowest BCUT2D eigenvalue weighted by Crippen LogP contribution is -2.28. The van der Waals surface area contributed by atoms with Gasteiger partial charge >= 0.3 is 0 Å². The molecule has 2 aromatic rings. The average molecular weight is 332 g/mol. The fraction of sp³-hybridized carbons (Fsp3) is 0.375. The van der Waals surface area contributed by atoms with Gasteiger partial charge in [0.1, 0.15) is 11.9 Å². The van der Waals surface area contributed by atoms with Crippen molar-refractivity contribution in [3.05, 3.63) is 47.4 Å². The van der Waals surface area contributed by atoms with Gasteiger partial charge in [-0.05, 0) is 12.5 Å². The van der Waals surface area contributed by atoms with Gasteiger partial charge in [-0.15, -0.1) is 0 Å². The molecule has 3 rings (SSSR count). The zero-order chi connectivity index (χ0) is 17.1. The molecular weight excluding hydrogens is 315 g/mol. The summed E-state index contributed by atoms with van der Waals surface area (Å²) in [5.74, 6) is 0.0131. The van der Waals surface area contributed by atoms with Crippen molar-refractivity contribution >= 4 is 11.8 Å². The summed E-state index contributed by atoms with van der Waals surface area (Å²) in [6.45, 7) is 1.71. The first-order valence-corrected chi connectivity index (χ1v) is 7.64.